The fourth-order valence-electron chi connectivity index (χ4n) is 3.76. The van der Waals surface area contributed by atoms with Crippen molar-refractivity contribution in [1.29, 1.82) is 0 Å². The second-order valence-electron chi connectivity index (χ2n) is 7.72. The van der Waals surface area contributed by atoms with E-state index < -0.39 is 34.2 Å². The largest absolute Gasteiger partial charge is 0.454 e. The zero-order valence-corrected chi connectivity index (χ0v) is 18.5. The van der Waals surface area contributed by atoms with E-state index >= 15 is 0 Å². The van der Waals surface area contributed by atoms with Crippen LogP contribution in [0.4, 0.5) is 24.5 Å². The van der Waals surface area contributed by atoms with Crippen molar-refractivity contribution in [2.45, 2.75) is 6.18 Å². The quantitative estimate of drug-likeness (QED) is 0.648. The van der Waals surface area contributed by atoms with Crippen LogP contribution in [0.1, 0.15) is 5.56 Å². The standard InChI is InChI=1S/C21H22F3N3O5S/c1-33(29,30)27(17-5-6-18-19(12-17)32-14-31-18)13-20(28)26-9-7-25(8-10-26)16-4-2-3-15(11-16)21(22,23)24/h2-6,11-12H,7-10,13-14H2,1H3. The summed E-state index contributed by atoms with van der Waals surface area (Å²) < 4.78 is 75.3. The molecule has 2 aromatic rings. The van der Waals surface area contributed by atoms with Crippen molar-refractivity contribution in [3.05, 3.63) is 48.0 Å². The number of hydrogen-bond acceptors (Lipinski definition) is 6. The Bertz CT molecular complexity index is 1150. The lowest BCUT2D eigenvalue weighted by atomic mass is 10.1. The van der Waals surface area contributed by atoms with E-state index in [-0.39, 0.29) is 25.6 Å². The van der Waals surface area contributed by atoms with Crippen LogP contribution in [0.5, 0.6) is 11.5 Å². The molecule has 0 atom stereocenters. The molecule has 4 rings (SSSR count). The topological polar surface area (TPSA) is 79.4 Å². The van der Waals surface area contributed by atoms with E-state index in [1.54, 1.807) is 17.0 Å². The minimum Gasteiger partial charge on any atom is -0.454 e. The van der Waals surface area contributed by atoms with E-state index in [2.05, 4.69) is 0 Å². The van der Waals surface area contributed by atoms with Gasteiger partial charge in [-0.2, -0.15) is 13.2 Å². The van der Waals surface area contributed by atoms with Gasteiger partial charge in [0.05, 0.1) is 17.5 Å². The molecule has 12 heteroatoms. The number of sulfonamides is 1. The number of carbonyl (C=O) groups excluding carboxylic acids is 1. The highest BCUT2D eigenvalue weighted by atomic mass is 32.2. The molecule has 1 amide bonds. The molecule has 2 heterocycles. The van der Waals surface area contributed by atoms with Crippen molar-refractivity contribution in [3.63, 3.8) is 0 Å². The van der Waals surface area contributed by atoms with E-state index in [0.717, 1.165) is 22.7 Å². The van der Waals surface area contributed by atoms with Crippen molar-refractivity contribution >= 4 is 27.3 Å². The maximum absolute atomic E-state index is 13.0. The molecule has 178 valence electrons. The summed E-state index contributed by atoms with van der Waals surface area (Å²) in [6, 6.07) is 9.66. The number of benzene rings is 2. The van der Waals surface area contributed by atoms with Crippen LogP contribution in [0.25, 0.3) is 0 Å². The Labute approximate surface area is 189 Å². The number of carbonyl (C=O) groups is 1. The molecule has 2 aromatic carbocycles. The first-order valence-corrected chi connectivity index (χ1v) is 11.9. The van der Waals surface area contributed by atoms with Gasteiger partial charge in [0.15, 0.2) is 11.5 Å². The smallest absolute Gasteiger partial charge is 0.416 e. The zero-order chi connectivity index (χ0) is 23.8. The monoisotopic (exact) mass is 485 g/mol. The number of ether oxygens (including phenoxy) is 2. The molecule has 0 bridgehead atoms. The first-order valence-electron chi connectivity index (χ1n) is 10.1. The molecule has 33 heavy (non-hydrogen) atoms. The summed E-state index contributed by atoms with van der Waals surface area (Å²) in [6.07, 6.45) is -3.42. The molecule has 0 radical (unpaired) electrons. The number of alkyl halides is 3. The fraction of sp³-hybridized carbons (Fsp3) is 0.381. The van der Waals surface area contributed by atoms with Crippen molar-refractivity contribution in [3.8, 4) is 11.5 Å². The highest BCUT2D eigenvalue weighted by Gasteiger charge is 2.32. The van der Waals surface area contributed by atoms with Gasteiger partial charge >= 0.3 is 6.18 Å². The minimum atomic E-state index is -4.43. The van der Waals surface area contributed by atoms with E-state index in [0.29, 0.717) is 30.3 Å². The average Bonchev–Trinajstić information content (AvgIpc) is 3.24. The Morgan fingerprint density at radius 3 is 2.39 bits per heavy atom. The Hall–Kier alpha value is -3.15. The molecule has 8 nitrogen and oxygen atoms in total. The minimum absolute atomic E-state index is 0.0345. The molecule has 0 N–H and O–H groups in total. The summed E-state index contributed by atoms with van der Waals surface area (Å²) in [5.74, 6) is 0.481. The molecule has 1 saturated heterocycles. The van der Waals surface area contributed by atoms with Gasteiger partial charge in [0.25, 0.3) is 0 Å². The lowest BCUT2D eigenvalue weighted by Gasteiger charge is -2.37. The first kappa shape index (κ1) is 23.0. The molecule has 1 fully saturated rings. The maximum Gasteiger partial charge on any atom is 0.416 e. The highest BCUT2D eigenvalue weighted by molar-refractivity contribution is 7.92. The predicted octanol–water partition coefficient (Wildman–Crippen LogP) is 2.55. The number of anilines is 2. The Kier molecular flexibility index (Phi) is 6.04. The van der Waals surface area contributed by atoms with E-state index in [4.69, 9.17) is 9.47 Å². The summed E-state index contributed by atoms with van der Waals surface area (Å²) >= 11 is 0. The third kappa shape index (κ3) is 5.10. The Morgan fingerprint density at radius 1 is 1.03 bits per heavy atom. The van der Waals surface area contributed by atoms with Crippen LogP contribution in [0.3, 0.4) is 0 Å². The van der Waals surface area contributed by atoms with Gasteiger partial charge in [-0.15, -0.1) is 0 Å². The molecular formula is C21H22F3N3O5S. The molecule has 0 saturated carbocycles. The molecule has 2 aliphatic rings. The van der Waals surface area contributed by atoms with E-state index in [9.17, 15) is 26.4 Å². The number of fused-ring (bicyclic) bond motifs is 1. The van der Waals surface area contributed by atoms with Crippen LogP contribution < -0.4 is 18.7 Å². The summed E-state index contributed by atoms with van der Waals surface area (Å²) in [4.78, 5) is 16.2. The summed E-state index contributed by atoms with van der Waals surface area (Å²) in [7, 11) is -3.77. The summed E-state index contributed by atoms with van der Waals surface area (Å²) in [5.41, 5.74) is -0.0289. The summed E-state index contributed by atoms with van der Waals surface area (Å²) in [5, 5.41) is 0. The second-order valence-corrected chi connectivity index (χ2v) is 9.63. The zero-order valence-electron chi connectivity index (χ0n) is 17.7. The molecule has 0 aliphatic carbocycles. The average molecular weight is 485 g/mol. The van der Waals surface area contributed by atoms with Gasteiger partial charge in [0, 0.05) is 37.9 Å². The normalized spacial score (nSPS) is 16.1. The van der Waals surface area contributed by atoms with Crippen LogP contribution in [-0.2, 0) is 21.0 Å². The van der Waals surface area contributed by atoms with E-state index in [1.807, 2.05) is 0 Å². The fourth-order valence-corrected chi connectivity index (χ4v) is 4.60. The van der Waals surface area contributed by atoms with E-state index in [1.165, 1.54) is 23.1 Å². The third-order valence-electron chi connectivity index (χ3n) is 5.49. The van der Waals surface area contributed by atoms with Gasteiger partial charge in [-0.3, -0.25) is 9.10 Å². The third-order valence-corrected chi connectivity index (χ3v) is 6.63. The van der Waals surface area contributed by atoms with Crippen LogP contribution in [-0.4, -0.2) is 65.0 Å². The number of hydrogen-bond donors (Lipinski definition) is 0. The second kappa shape index (κ2) is 8.65. The molecule has 0 unspecified atom stereocenters. The van der Waals surface area contributed by atoms with Gasteiger partial charge < -0.3 is 19.3 Å². The van der Waals surface area contributed by atoms with Crippen LogP contribution in [0.2, 0.25) is 0 Å². The van der Waals surface area contributed by atoms with Gasteiger partial charge in [-0.05, 0) is 30.3 Å². The SMILES string of the molecule is CS(=O)(=O)N(CC(=O)N1CCN(c2cccc(C(F)(F)F)c2)CC1)c1ccc2c(c1)OCO2. The van der Waals surface area contributed by atoms with Gasteiger partial charge in [0.2, 0.25) is 22.7 Å². The van der Waals surface area contributed by atoms with Gasteiger partial charge in [0.1, 0.15) is 6.54 Å². The van der Waals surface area contributed by atoms with Crippen molar-refractivity contribution in [2.24, 2.45) is 0 Å². The molecule has 2 aliphatic heterocycles. The first-order chi connectivity index (χ1) is 15.5. The summed E-state index contributed by atoms with van der Waals surface area (Å²) in [6.45, 7) is 0.808. The van der Waals surface area contributed by atoms with Gasteiger partial charge in [-0.25, -0.2) is 8.42 Å². The molecule has 0 aromatic heterocycles. The number of piperazine rings is 1. The Morgan fingerprint density at radius 2 is 1.73 bits per heavy atom. The maximum atomic E-state index is 13.0. The molecule has 0 spiro atoms. The highest BCUT2D eigenvalue weighted by Crippen LogP contribution is 2.36. The van der Waals surface area contributed by atoms with Crippen molar-refractivity contribution in [2.75, 3.05) is 55.0 Å². The number of rotatable bonds is 5. The van der Waals surface area contributed by atoms with Crippen molar-refractivity contribution in [1.82, 2.24) is 4.90 Å². The lowest BCUT2D eigenvalue weighted by molar-refractivity contribution is -0.137. The number of halogens is 3. The van der Waals surface area contributed by atoms with Crippen molar-refractivity contribution < 1.29 is 35.9 Å². The van der Waals surface area contributed by atoms with Crippen LogP contribution >= 0.6 is 0 Å². The predicted molar refractivity (Wildman–Crippen MR) is 115 cm³/mol. The van der Waals surface area contributed by atoms with Gasteiger partial charge in [-0.1, -0.05) is 6.07 Å². The lowest BCUT2D eigenvalue weighted by Crippen LogP contribution is -2.52. The Balaban J connectivity index is 1.43. The van der Waals surface area contributed by atoms with Crippen LogP contribution in [0.15, 0.2) is 42.5 Å². The number of nitrogens with zero attached hydrogens (tertiary/aromatic N) is 3. The van der Waals surface area contributed by atoms with Crippen LogP contribution in [0, 0.1) is 0 Å². The number of amides is 1. The molecular weight excluding hydrogens is 463 g/mol.